The number of thiazole rings is 1. The van der Waals surface area contributed by atoms with Crippen LogP contribution in [0.2, 0.25) is 0 Å². The summed E-state index contributed by atoms with van der Waals surface area (Å²) in [5, 5.41) is 6.97. The summed E-state index contributed by atoms with van der Waals surface area (Å²) in [4.78, 5) is 19.2. The van der Waals surface area contributed by atoms with Crippen LogP contribution >= 0.6 is 22.7 Å². The van der Waals surface area contributed by atoms with Crippen LogP contribution in [0.3, 0.4) is 0 Å². The van der Waals surface area contributed by atoms with Crippen LogP contribution in [0.5, 0.6) is 5.75 Å². The van der Waals surface area contributed by atoms with Gasteiger partial charge in [0.15, 0.2) is 6.61 Å². The number of fused-ring (bicyclic) bond motifs is 3. The lowest BCUT2D eigenvalue weighted by molar-refractivity contribution is -0.118. The predicted molar refractivity (Wildman–Crippen MR) is 123 cm³/mol. The molecule has 2 aromatic heterocycles. The van der Waals surface area contributed by atoms with Crippen molar-refractivity contribution in [3.8, 4) is 5.75 Å². The van der Waals surface area contributed by atoms with E-state index in [0.29, 0.717) is 0 Å². The lowest BCUT2D eigenvalue weighted by Crippen LogP contribution is -2.20. The van der Waals surface area contributed by atoms with Crippen molar-refractivity contribution in [3.63, 3.8) is 0 Å². The Morgan fingerprint density at radius 3 is 2.76 bits per heavy atom. The molecule has 0 fully saturated rings. The van der Waals surface area contributed by atoms with Crippen LogP contribution in [0.15, 0.2) is 41.8 Å². The maximum atomic E-state index is 12.4. The second-order valence-corrected chi connectivity index (χ2v) is 9.36. The minimum absolute atomic E-state index is 0.0311. The van der Waals surface area contributed by atoms with Gasteiger partial charge in [0, 0.05) is 23.7 Å². The molecule has 0 aliphatic carbocycles. The lowest BCUT2D eigenvalue weighted by Gasteiger charge is -2.11. The zero-order chi connectivity index (χ0) is 20.4. The first-order chi connectivity index (χ1) is 14.0. The van der Waals surface area contributed by atoms with Crippen LogP contribution in [0.1, 0.15) is 10.6 Å². The van der Waals surface area contributed by atoms with Crippen LogP contribution in [0, 0.1) is 6.92 Å². The summed E-state index contributed by atoms with van der Waals surface area (Å²) >= 11 is 3.29. The number of ether oxygens (including phenoxy) is 1. The molecule has 0 unspecified atom stereocenters. The van der Waals surface area contributed by atoms with E-state index in [9.17, 15) is 4.79 Å². The molecule has 0 bridgehead atoms. The normalized spacial score (nSPS) is 11.4. The van der Waals surface area contributed by atoms with Crippen molar-refractivity contribution in [2.24, 2.45) is 0 Å². The first kappa shape index (κ1) is 19.8. The van der Waals surface area contributed by atoms with Gasteiger partial charge in [-0.1, -0.05) is 12.1 Å². The molecule has 7 heteroatoms. The largest absolute Gasteiger partial charge is 0.483 e. The molecule has 5 nitrogen and oxygen atoms in total. The van der Waals surface area contributed by atoms with Gasteiger partial charge < -0.3 is 15.0 Å². The molecular weight excluding hydrogens is 402 g/mol. The van der Waals surface area contributed by atoms with E-state index in [-0.39, 0.29) is 12.5 Å². The standard InChI is InChI=1S/C22H23N3O2S2/c1-14-23-21-19(29-14)12-18(17-9-11-28-22(17)21)27-13-20(26)24-16-6-4-15(5-7-16)8-10-25(2)3/h4-7,9,11-12H,8,10,13H2,1-3H3,(H,24,26). The number of rotatable bonds is 7. The van der Waals surface area contributed by atoms with Gasteiger partial charge in [-0.15, -0.1) is 22.7 Å². The Morgan fingerprint density at radius 2 is 2.00 bits per heavy atom. The van der Waals surface area contributed by atoms with Gasteiger partial charge in [-0.3, -0.25) is 4.79 Å². The average molecular weight is 426 g/mol. The highest BCUT2D eigenvalue weighted by molar-refractivity contribution is 7.21. The SMILES string of the molecule is Cc1nc2c(cc(OCC(=O)Nc3ccc(CCN(C)C)cc3)c3ccsc32)s1. The number of thiophene rings is 1. The molecule has 0 saturated carbocycles. The Hall–Kier alpha value is -2.48. The van der Waals surface area contributed by atoms with Gasteiger partial charge >= 0.3 is 0 Å². The van der Waals surface area contributed by atoms with E-state index < -0.39 is 0 Å². The Labute approximate surface area is 177 Å². The first-order valence-electron chi connectivity index (χ1n) is 9.43. The average Bonchev–Trinajstić information content (AvgIpc) is 3.31. The number of carbonyl (C=O) groups excluding carboxylic acids is 1. The van der Waals surface area contributed by atoms with Gasteiger partial charge in [-0.05, 0) is 56.6 Å². The fraction of sp³-hybridized carbons (Fsp3) is 0.273. The molecule has 2 aromatic carbocycles. The van der Waals surface area contributed by atoms with Crippen molar-refractivity contribution in [1.29, 1.82) is 0 Å². The zero-order valence-corrected chi connectivity index (χ0v) is 18.3. The van der Waals surface area contributed by atoms with Crippen molar-refractivity contribution in [2.75, 3.05) is 32.6 Å². The number of amides is 1. The second-order valence-electron chi connectivity index (χ2n) is 7.20. The number of hydrogen-bond donors (Lipinski definition) is 1. The van der Waals surface area contributed by atoms with Crippen LogP contribution in [-0.4, -0.2) is 43.0 Å². The van der Waals surface area contributed by atoms with E-state index in [4.69, 9.17) is 4.74 Å². The van der Waals surface area contributed by atoms with Crippen molar-refractivity contribution >= 4 is 54.6 Å². The lowest BCUT2D eigenvalue weighted by atomic mass is 10.1. The van der Waals surface area contributed by atoms with Crippen LogP contribution < -0.4 is 10.1 Å². The smallest absolute Gasteiger partial charge is 0.262 e. The first-order valence-corrected chi connectivity index (χ1v) is 11.1. The summed E-state index contributed by atoms with van der Waals surface area (Å²) in [6, 6.07) is 12.0. The van der Waals surface area contributed by atoms with Gasteiger partial charge in [0.05, 0.1) is 19.9 Å². The Bertz CT molecular complexity index is 1150. The fourth-order valence-electron chi connectivity index (χ4n) is 3.15. The highest BCUT2D eigenvalue weighted by Gasteiger charge is 2.13. The minimum Gasteiger partial charge on any atom is -0.483 e. The maximum absolute atomic E-state index is 12.4. The Balaban J connectivity index is 1.41. The van der Waals surface area contributed by atoms with Gasteiger partial charge in [0.1, 0.15) is 5.75 Å². The molecule has 29 heavy (non-hydrogen) atoms. The summed E-state index contributed by atoms with van der Waals surface area (Å²) < 4.78 is 8.08. The number of nitrogens with zero attached hydrogens (tertiary/aromatic N) is 2. The summed E-state index contributed by atoms with van der Waals surface area (Å²) in [6.45, 7) is 2.97. The predicted octanol–water partition coefficient (Wildman–Crippen LogP) is 4.94. The quantitative estimate of drug-likeness (QED) is 0.456. The van der Waals surface area contributed by atoms with Gasteiger partial charge in [-0.25, -0.2) is 4.98 Å². The Kier molecular flexibility index (Phi) is 5.80. The van der Waals surface area contributed by atoms with Crippen LogP contribution in [0.25, 0.3) is 20.3 Å². The minimum atomic E-state index is -0.171. The molecule has 1 amide bonds. The van der Waals surface area contributed by atoms with Crippen molar-refractivity contribution in [1.82, 2.24) is 9.88 Å². The van der Waals surface area contributed by atoms with E-state index in [0.717, 1.165) is 49.7 Å². The number of likely N-dealkylation sites (N-methyl/N-ethyl adjacent to an activating group) is 1. The molecule has 2 heterocycles. The van der Waals surface area contributed by atoms with Crippen molar-refractivity contribution in [3.05, 3.63) is 52.3 Å². The molecule has 0 aliphatic heterocycles. The summed E-state index contributed by atoms with van der Waals surface area (Å²) in [7, 11) is 4.12. The van der Waals surface area contributed by atoms with E-state index in [1.807, 2.05) is 36.6 Å². The molecule has 0 atom stereocenters. The van der Waals surface area contributed by atoms with Gasteiger partial charge in [-0.2, -0.15) is 0 Å². The zero-order valence-electron chi connectivity index (χ0n) is 16.7. The topological polar surface area (TPSA) is 54.5 Å². The van der Waals surface area contributed by atoms with E-state index in [1.165, 1.54) is 5.56 Å². The van der Waals surface area contributed by atoms with Crippen molar-refractivity contribution < 1.29 is 9.53 Å². The Morgan fingerprint density at radius 1 is 1.21 bits per heavy atom. The molecule has 4 aromatic rings. The summed E-state index contributed by atoms with van der Waals surface area (Å²) in [5.41, 5.74) is 3.05. The molecule has 0 spiro atoms. The van der Waals surface area contributed by atoms with Crippen molar-refractivity contribution in [2.45, 2.75) is 13.3 Å². The number of carbonyl (C=O) groups is 1. The highest BCUT2D eigenvalue weighted by atomic mass is 32.1. The van der Waals surface area contributed by atoms with Crippen LogP contribution in [-0.2, 0) is 11.2 Å². The number of anilines is 1. The molecule has 4 rings (SSSR count). The maximum Gasteiger partial charge on any atom is 0.262 e. The molecule has 0 saturated heterocycles. The number of aromatic nitrogens is 1. The number of aryl methyl sites for hydroxylation is 1. The molecule has 150 valence electrons. The molecule has 1 N–H and O–H groups in total. The molecule has 0 radical (unpaired) electrons. The van der Waals surface area contributed by atoms with E-state index in [2.05, 4.69) is 41.4 Å². The number of benzene rings is 2. The third kappa shape index (κ3) is 4.58. The number of nitrogens with one attached hydrogen (secondary N) is 1. The molecular formula is C22H23N3O2S2. The highest BCUT2D eigenvalue weighted by Crippen LogP contribution is 2.38. The summed E-state index contributed by atoms with van der Waals surface area (Å²) in [6.07, 6.45) is 0.987. The fourth-order valence-corrected chi connectivity index (χ4v) is 4.99. The van der Waals surface area contributed by atoms with Gasteiger partial charge in [0.25, 0.3) is 5.91 Å². The number of hydrogen-bond acceptors (Lipinski definition) is 6. The molecule has 0 aliphatic rings. The van der Waals surface area contributed by atoms with E-state index >= 15 is 0 Å². The van der Waals surface area contributed by atoms with Crippen LogP contribution in [0.4, 0.5) is 5.69 Å². The third-order valence-electron chi connectivity index (χ3n) is 4.61. The third-order valence-corrected chi connectivity index (χ3v) is 6.45. The monoisotopic (exact) mass is 425 g/mol. The summed E-state index contributed by atoms with van der Waals surface area (Å²) in [5.74, 6) is 0.557. The second kappa shape index (κ2) is 8.49. The van der Waals surface area contributed by atoms with E-state index in [1.54, 1.807) is 22.7 Å². The van der Waals surface area contributed by atoms with Gasteiger partial charge in [0.2, 0.25) is 0 Å².